The summed E-state index contributed by atoms with van der Waals surface area (Å²) >= 11 is 5.99. The second-order valence-electron chi connectivity index (χ2n) is 4.52. The maximum absolute atomic E-state index is 8.99. The molecule has 5 nitrogen and oxygen atoms in total. The molecule has 0 amide bonds. The number of aliphatic hydroxyl groups is 1. The minimum absolute atomic E-state index is 0.0259. The van der Waals surface area contributed by atoms with Crippen LogP contribution in [0.1, 0.15) is 31.0 Å². The standard InChI is InChI=1S/C12H18ClN3O2/c1-18-7-9(4-5-17)14-11-6-10(13)15-12(16-11)8-2-3-8/h6,8-9,17H,2-5,7H2,1H3,(H,14,15,16). The zero-order chi connectivity index (χ0) is 13.0. The van der Waals surface area contributed by atoms with E-state index in [1.165, 1.54) is 0 Å². The number of aliphatic hydroxyl groups excluding tert-OH is 1. The molecule has 0 radical (unpaired) electrons. The van der Waals surface area contributed by atoms with E-state index >= 15 is 0 Å². The second kappa shape index (κ2) is 6.31. The van der Waals surface area contributed by atoms with E-state index in [4.69, 9.17) is 21.4 Å². The van der Waals surface area contributed by atoms with Gasteiger partial charge in [0.05, 0.1) is 12.6 Å². The highest BCUT2D eigenvalue weighted by molar-refractivity contribution is 6.29. The molecule has 1 aliphatic carbocycles. The molecule has 1 fully saturated rings. The summed E-state index contributed by atoms with van der Waals surface area (Å²) in [6.07, 6.45) is 2.88. The third-order valence-electron chi connectivity index (χ3n) is 2.85. The van der Waals surface area contributed by atoms with E-state index in [-0.39, 0.29) is 12.6 Å². The number of aromatic nitrogens is 2. The van der Waals surface area contributed by atoms with Crippen molar-refractivity contribution in [2.45, 2.75) is 31.2 Å². The molecule has 0 aromatic carbocycles. The van der Waals surface area contributed by atoms with Gasteiger partial charge in [0.25, 0.3) is 0 Å². The van der Waals surface area contributed by atoms with Crippen LogP contribution in [0.2, 0.25) is 5.15 Å². The Kier molecular flexibility index (Phi) is 4.74. The van der Waals surface area contributed by atoms with Crippen LogP contribution in [0.25, 0.3) is 0 Å². The quantitative estimate of drug-likeness (QED) is 0.741. The molecule has 0 saturated heterocycles. The number of ether oxygens (including phenoxy) is 1. The Hall–Kier alpha value is -0.910. The van der Waals surface area contributed by atoms with Crippen molar-refractivity contribution in [2.24, 2.45) is 0 Å². The molecule has 18 heavy (non-hydrogen) atoms. The third-order valence-corrected chi connectivity index (χ3v) is 3.05. The first-order valence-electron chi connectivity index (χ1n) is 6.13. The van der Waals surface area contributed by atoms with E-state index in [0.29, 0.717) is 29.9 Å². The summed E-state index contributed by atoms with van der Waals surface area (Å²) < 4.78 is 5.10. The van der Waals surface area contributed by atoms with E-state index < -0.39 is 0 Å². The van der Waals surface area contributed by atoms with Crippen molar-refractivity contribution in [3.63, 3.8) is 0 Å². The van der Waals surface area contributed by atoms with Gasteiger partial charge in [-0.2, -0.15) is 0 Å². The summed E-state index contributed by atoms with van der Waals surface area (Å²) in [5, 5.41) is 12.7. The number of halogens is 1. The minimum atomic E-state index is 0.0259. The summed E-state index contributed by atoms with van der Waals surface area (Å²) in [5.41, 5.74) is 0. The van der Waals surface area contributed by atoms with Crippen LogP contribution in [-0.2, 0) is 4.74 Å². The maximum Gasteiger partial charge on any atom is 0.135 e. The zero-order valence-electron chi connectivity index (χ0n) is 10.4. The summed E-state index contributed by atoms with van der Waals surface area (Å²) in [6.45, 7) is 0.621. The summed E-state index contributed by atoms with van der Waals surface area (Å²) in [4.78, 5) is 8.68. The molecule has 0 aliphatic heterocycles. The first-order chi connectivity index (χ1) is 8.72. The lowest BCUT2D eigenvalue weighted by molar-refractivity contribution is 0.170. The van der Waals surface area contributed by atoms with E-state index in [1.807, 2.05) is 0 Å². The van der Waals surface area contributed by atoms with Gasteiger partial charge in [0, 0.05) is 25.7 Å². The van der Waals surface area contributed by atoms with Crippen molar-refractivity contribution in [3.8, 4) is 0 Å². The molecule has 1 atom stereocenters. The number of nitrogens with one attached hydrogen (secondary N) is 1. The fourth-order valence-corrected chi connectivity index (χ4v) is 1.99. The lowest BCUT2D eigenvalue weighted by Crippen LogP contribution is -2.26. The van der Waals surface area contributed by atoms with Gasteiger partial charge < -0.3 is 15.2 Å². The second-order valence-corrected chi connectivity index (χ2v) is 4.90. The number of anilines is 1. The van der Waals surface area contributed by atoms with Crippen molar-refractivity contribution < 1.29 is 9.84 Å². The molecule has 1 saturated carbocycles. The summed E-state index contributed by atoms with van der Waals surface area (Å²) in [7, 11) is 1.63. The Morgan fingerprint density at radius 1 is 1.56 bits per heavy atom. The van der Waals surface area contributed by atoms with Gasteiger partial charge in [-0.3, -0.25) is 0 Å². The van der Waals surface area contributed by atoms with Crippen molar-refractivity contribution in [3.05, 3.63) is 17.0 Å². The normalized spacial score (nSPS) is 16.6. The molecule has 0 spiro atoms. The number of methoxy groups -OCH3 is 1. The summed E-state index contributed by atoms with van der Waals surface area (Å²) in [5.74, 6) is 1.97. The SMILES string of the molecule is COCC(CCO)Nc1cc(Cl)nc(C2CC2)n1. The average Bonchev–Trinajstić information content (AvgIpc) is 3.12. The van der Waals surface area contributed by atoms with Crippen molar-refractivity contribution in [2.75, 3.05) is 25.6 Å². The number of nitrogens with zero attached hydrogens (tertiary/aromatic N) is 2. The highest BCUT2D eigenvalue weighted by Crippen LogP contribution is 2.38. The average molecular weight is 272 g/mol. The Bertz CT molecular complexity index is 393. The fourth-order valence-electron chi connectivity index (χ4n) is 1.80. The third kappa shape index (κ3) is 3.80. The molecular formula is C12H18ClN3O2. The number of hydrogen-bond acceptors (Lipinski definition) is 5. The van der Waals surface area contributed by atoms with Crippen molar-refractivity contribution >= 4 is 17.4 Å². The van der Waals surface area contributed by atoms with E-state index in [9.17, 15) is 0 Å². The van der Waals surface area contributed by atoms with Gasteiger partial charge >= 0.3 is 0 Å². The molecule has 1 heterocycles. The molecule has 1 unspecified atom stereocenters. The van der Waals surface area contributed by atoms with Crippen molar-refractivity contribution in [1.82, 2.24) is 9.97 Å². The predicted octanol–water partition coefficient (Wildman–Crippen LogP) is 1.82. The molecule has 0 bridgehead atoms. The smallest absolute Gasteiger partial charge is 0.135 e. The molecule has 2 rings (SSSR count). The van der Waals surface area contributed by atoms with Gasteiger partial charge in [0.2, 0.25) is 0 Å². The molecule has 2 N–H and O–H groups in total. The Labute approximate surface area is 112 Å². The van der Waals surface area contributed by atoms with Gasteiger partial charge in [-0.1, -0.05) is 11.6 Å². The van der Waals surface area contributed by atoms with Gasteiger partial charge in [0.15, 0.2) is 0 Å². The fraction of sp³-hybridized carbons (Fsp3) is 0.667. The topological polar surface area (TPSA) is 67.3 Å². The molecular weight excluding hydrogens is 254 g/mol. The Morgan fingerprint density at radius 2 is 2.33 bits per heavy atom. The number of hydrogen-bond donors (Lipinski definition) is 2. The monoisotopic (exact) mass is 271 g/mol. The molecule has 6 heteroatoms. The number of rotatable bonds is 7. The van der Waals surface area contributed by atoms with Gasteiger partial charge in [0.1, 0.15) is 16.8 Å². The summed E-state index contributed by atoms with van der Waals surface area (Å²) in [6, 6.07) is 1.73. The first kappa shape index (κ1) is 13.5. The Balaban J connectivity index is 2.06. The molecule has 1 aromatic heterocycles. The highest BCUT2D eigenvalue weighted by Gasteiger charge is 2.27. The lowest BCUT2D eigenvalue weighted by Gasteiger charge is -2.17. The molecule has 1 aromatic rings. The van der Waals surface area contributed by atoms with Gasteiger partial charge in [-0.15, -0.1) is 0 Å². The van der Waals surface area contributed by atoms with E-state index in [0.717, 1.165) is 18.7 Å². The van der Waals surface area contributed by atoms with Crippen LogP contribution in [-0.4, -0.2) is 41.4 Å². The molecule has 1 aliphatic rings. The van der Waals surface area contributed by atoms with Crippen LogP contribution in [0.15, 0.2) is 6.07 Å². The predicted molar refractivity (Wildman–Crippen MR) is 70.0 cm³/mol. The first-order valence-corrected chi connectivity index (χ1v) is 6.51. The van der Waals surface area contributed by atoms with E-state index in [2.05, 4.69) is 15.3 Å². The minimum Gasteiger partial charge on any atom is -0.396 e. The highest BCUT2D eigenvalue weighted by atomic mass is 35.5. The van der Waals surface area contributed by atoms with Crippen LogP contribution in [0.3, 0.4) is 0 Å². The maximum atomic E-state index is 8.99. The van der Waals surface area contributed by atoms with Crippen LogP contribution >= 0.6 is 11.6 Å². The zero-order valence-corrected chi connectivity index (χ0v) is 11.2. The van der Waals surface area contributed by atoms with Crippen LogP contribution < -0.4 is 5.32 Å². The van der Waals surface area contributed by atoms with Gasteiger partial charge in [-0.25, -0.2) is 9.97 Å². The van der Waals surface area contributed by atoms with Crippen LogP contribution in [0.4, 0.5) is 5.82 Å². The van der Waals surface area contributed by atoms with Crippen molar-refractivity contribution in [1.29, 1.82) is 0 Å². The van der Waals surface area contributed by atoms with Crippen LogP contribution in [0.5, 0.6) is 0 Å². The van der Waals surface area contributed by atoms with Gasteiger partial charge in [-0.05, 0) is 19.3 Å². The van der Waals surface area contributed by atoms with E-state index in [1.54, 1.807) is 13.2 Å². The lowest BCUT2D eigenvalue weighted by atomic mass is 10.2. The molecule has 100 valence electrons. The van der Waals surface area contributed by atoms with Crippen LogP contribution in [0, 0.1) is 0 Å². The Morgan fingerprint density at radius 3 is 2.94 bits per heavy atom. The largest absolute Gasteiger partial charge is 0.396 e.